The van der Waals surface area contributed by atoms with Gasteiger partial charge in [-0.15, -0.1) is 6.42 Å². The summed E-state index contributed by atoms with van der Waals surface area (Å²) in [7, 11) is 0. The summed E-state index contributed by atoms with van der Waals surface area (Å²) in [6, 6.07) is 7.22. The lowest BCUT2D eigenvalue weighted by molar-refractivity contribution is -0.117. The highest BCUT2D eigenvalue weighted by Crippen LogP contribution is 2.30. The van der Waals surface area contributed by atoms with Gasteiger partial charge in [0.15, 0.2) is 5.17 Å². The summed E-state index contributed by atoms with van der Waals surface area (Å²) in [5.74, 6) is 2.31. The molecule has 1 heterocycles. The number of carbonyl (C=O) groups is 2. The van der Waals surface area contributed by atoms with Crippen molar-refractivity contribution in [3.63, 3.8) is 0 Å². The zero-order valence-corrected chi connectivity index (χ0v) is 12.1. The van der Waals surface area contributed by atoms with Crippen molar-refractivity contribution in [3.8, 4) is 18.1 Å². The molecular formula is C15H12N2O3S. The van der Waals surface area contributed by atoms with Gasteiger partial charge in [0.25, 0.3) is 5.91 Å². The van der Waals surface area contributed by atoms with Gasteiger partial charge < -0.3 is 10.1 Å². The number of ether oxygens (including phenoxy) is 1. The molecular weight excluding hydrogens is 288 g/mol. The van der Waals surface area contributed by atoms with Gasteiger partial charge in [0.05, 0.1) is 4.91 Å². The number of nitrogens with zero attached hydrogens (tertiary/aromatic N) is 1. The second-order valence-electron chi connectivity index (χ2n) is 4.04. The Hall–Kier alpha value is -2.52. The fourth-order valence-corrected chi connectivity index (χ4v) is 2.46. The summed E-state index contributed by atoms with van der Waals surface area (Å²) in [6.45, 7) is 1.51. The number of rotatable bonds is 3. The largest absolute Gasteiger partial charge is 0.480 e. The highest BCUT2D eigenvalue weighted by molar-refractivity contribution is 8.18. The minimum absolute atomic E-state index is 0.148. The first-order valence-corrected chi connectivity index (χ1v) is 6.87. The molecule has 1 N–H and O–H groups in total. The molecule has 1 aliphatic rings. The Morgan fingerprint density at radius 1 is 1.52 bits per heavy atom. The molecule has 5 nitrogen and oxygen atoms in total. The van der Waals surface area contributed by atoms with E-state index >= 15 is 0 Å². The van der Waals surface area contributed by atoms with Crippen LogP contribution in [0.25, 0.3) is 6.08 Å². The van der Waals surface area contributed by atoms with E-state index < -0.39 is 5.91 Å². The molecule has 2 amide bonds. The van der Waals surface area contributed by atoms with Gasteiger partial charge in [0, 0.05) is 12.5 Å². The number of para-hydroxylation sites is 1. The molecule has 0 spiro atoms. The first-order chi connectivity index (χ1) is 10.1. The number of nitrogens with one attached hydrogen (secondary N) is 1. The molecule has 0 saturated heterocycles. The van der Waals surface area contributed by atoms with E-state index in [0.717, 1.165) is 17.3 Å². The lowest BCUT2D eigenvalue weighted by Crippen LogP contribution is -2.23. The average Bonchev–Trinajstić information content (AvgIpc) is 2.77. The van der Waals surface area contributed by atoms with Crippen LogP contribution in [0.5, 0.6) is 5.75 Å². The molecule has 6 heteroatoms. The number of aliphatic imine (C=N–C) groups is 1. The van der Waals surface area contributed by atoms with Gasteiger partial charge in [-0.25, -0.2) is 0 Å². The summed E-state index contributed by atoms with van der Waals surface area (Å²) in [4.78, 5) is 26.9. The van der Waals surface area contributed by atoms with Gasteiger partial charge in [-0.2, -0.15) is 4.99 Å². The minimum Gasteiger partial charge on any atom is -0.480 e. The summed E-state index contributed by atoms with van der Waals surface area (Å²) >= 11 is 1.11. The lowest BCUT2D eigenvalue weighted by atomic mass is 10.2. The second-order valence-corrected chi connectivity index (χ2v) is 5.08. The first kappa shape index (κ1) is 14.9. The Balaban J connectivity index is 2.20. The summed E-state index contributed by atoms with van der Waals surface area (Å²) in [6.07, 6.45) is 6.83. The van der Waals surface area contributed by atoms with Crippen molar-refractivity contribution in [2.75, 3.05) is 6.61 Å². The van der Waals surface area contributed by atoms with Crippen LogP contribution in [-0.2, 0) is 9.59 Å². The first-order valence-electron chi connectivity index (χ1n) is 6.05. The third-order valence-electron chi connectivity index (χ3n) is 2.42. The zero-order valence-electron chi connectivity index (χ0n) is 11.3. The summed E-state index contributed by atoms with van der Waals surface area (Å²) in [5, 5.41) is 2.77. The Morgan fingerprint density at radius 2 is 2.29 bits per heavy atom. The van der Waals surface area contributed by atoms with Crippen LogP contribution >= 0.6 is 11.8 Å². The number of thioether (sulfide) groups is 1. The van der Waals surface area contributed by atoms with Gasteiger partial charge in [-0.3, -0.25) is 9.59 Å². The molecule has 0 bridgehead atoms. The fraction of sp³-hybridized carbons (Fsp3) is 0.133. The molecule has 1 aliphatic heterocycles. The molecule has 1 aromatic rings. The molecule has 0 fully saturated rings. The maximum Gasteiger partial charge on any atom is 0.286 e. The molecule has 0 atom stereocenters. The van der Waals surface area contributed by atoms with Crippen LogP contribution in [0.15, 0.2) is 34.2 Å². The monoisotopic (exact) mass is 300 g/mol. The predicted octanol–water partition coefficient (Wildman–Crippen LogP) is 1.80. The number of terminal acetylenes is 1. The third kappa shape index (κ3) is 3.97. The number of amidine groups is 1. The predicted molar refractivity (Wildman–Crippen MR) is 82.6 cm³/mol. The molecule has 21 heavy (non-hydrogen) atoms. The molecule has 0 aliphatic carbocycles. The van der Waals surface area contributed by atoms with E-state index in [1.807, 2.05) is 18.2 Å². The van der Waals surface area contributed by atoms with Gasteiger partial charge in [-0.05, 0) is 23.9 Å². The van der Waals surface area contributed by atoms with Gasteiger partial charge in [-0.1, -0.05) is 24.1 Å². The normalized spacial score (nSPS) is 15.5. The van der Waals surface area contributed by atoms with Crippen LogP contribution in [0.4, 0.5) is 0 Å². The Bertz CT molecular complexity index is 686. The number of carbonyl (C=O) groups excluding carboxylic acids is 2. The maximum absolute atomic E-state index is 11.8. The zero-order chi connectivity index (χ0) is 15.2. The number of benzene rings is 1. The van der Waals surface area contributed by atoms with Gasteiger partial charge >= 0.3 is 0 Å². The topological polar surface area (TPSA) is 67.8 Å². The van der Waals surface area contributed by atoms with Crippen molar-refractivity contribution in [1.29, 1.82) is 0 Å². The van der Waals surface area contributed by atoms with E-state index in [9.17, 15) is 9.59 Å². The van der Waals surface area contributed by atoms with Crippen LogP contribution in [0.3, 0.4) is 0 Å². The van der Waals surface area contributed by atoms with E-state index in [4.69, 9.17) is 11.2 Å². The van der Waals surface area contributed by atoms with Crippen molar-refractivity contribution in [2.24, 2.45) is 4.99 Å². The van der Waals surface area contributed by atoms with Crippen LogP contribution in [-0.4, -0.2) is 23.6 Å². The molecule has 0 saturated carbocycles. The van der Waals surface area contributed by atoms with E-state index in [2.05, 4.69) is 16.2 Å². The summed E-state index contributed by atoms with van der Waals surface area (Å²) in [5.41, 5.74) is 0.725. The van der Waals surface area contributed by atoms with Gasteiger partial charge in [0.1, 0.15) is 12.4 Å². The lowest BCUT2D eigenvalue weighted by Gasteiger charge is -2.06. The van der Waals surface area contributed by atoms with E-state index in [1.54, 1.807) is 12.1 Å². The van der Waals surface area contributed by atoms with Crippen molar-refractivity contribution in [1.82, 2.24) is 5.32 Å². The Morgan fingerprint density at radius 3 is 3.00 bits per heavy atom. The average molecular weight is 300 g/mol. The van der Waals surface area contributed by atoms with Crippen LogP contribution in [0.2, 0.25) is 0 Å². The quantitative estimate of drug-likeness (QED) is 0.683. The van der Waals surface area contributed by atoms with Gasteiger partial charge in [0.2, 0.25) is 5.91 Å². The summed E-state index contributed by atoms with van der Waals surface area (Å²) < 4.78 is 5.41. The van der Waals surface area contributed by atoms with Crippen molar-refractivity contribution in [3.05, 3.63) is 34.7 Å². The standard InChI is InChI=1S/C15H12N2O3S/c1-3-8-20-12-7-5-4-6-11(12)9-13-14(19)17-15(21-13)16-10(2)18/h1,4-7,9H,8H2,2H3,(H,16,17,18,19)/b13-9-. The molecule has 0 aromatic heterocycles. The smallest absolute Gasteiger partial charge is 0.286 e. The Kier molecular flexibility index (Phi) is 4.80. The molecule has 0 unspecified atom stereocenters. The molecule has 106 valence electrons. The molecule has 0 radical (unpaired) electrons. The van der Waals surface area contributed by atoms with Crippen molar-refractivity contribution < 1.29 is 14.3 Å². The van der Waals surface area contributed by atoms with Crippen LogP contribution < -0.4 is 10.1 Å². The molecule has 2 rings (SSSR count). The Labute approximate surface area is 126 Å². The maximum atomic E-state index is 11.8. The minimum atomic E-state index is -0.393. The second kappa shape index (κ2) is 6.77. The fourth-order valence-electron chi connectivity index (χ4n) is 1.61. The highest BCUT2D eigenvalue weighted by atomic mass is 32.2. The highest BCUT2D eigenvalue weighted by Gasteiger charge is 2.22. The van der Waals surface area contributed by atoms with Crippen molar-refractivity contribution >= 4 is 34.8 Å². The number of hydrogen-bond acceptors (Lipinski definition) is 4. The molecule has 1 aromatic carbocycles. The number of hydrogen-bond donors (Lipinski definition) is 1. The van der Waals surface area contributed by atoms with E-state index in [0.29, 0.717) is 10.7 Å². The SMILES string of the molecule is C#CCOc1ccccc1/C=C1\SC(NC(C)=O)=NC1=O. The van der Waals surface area contributed by atoms with Crippen LogP contribution in [0.1, 0.15) is 12.5 Å². The number of amides is 2. The van der Waals surface area contributed by atoms with Crippen LogP contribution in [0, 0.1) is 12.3 Å². The van der Waals surface area contributed by atoms with E-state index in [1.165, 1.54) is 6.92 Å². The third-order valence-corrected chi connectivity index (χ3v) is 3.32. The van der Waals surface area contributed by atoms with Crippen molar-refractivity contribution in [2.45, 2.75) is 6.92 Å². The van der Waals surface area contributed by atoms with E-state index in [-0.39, 0.29) is 17.7 Å².